The van der Waals surface area contributed by atoms with Gasteiger partial charge in [-0.2, -0.15) is 0 Å². The average molecular weight is 311 g/mol. The monoisotopic (exact) mass is 311 g/mol. The van der Waals surface area contributed by atoms with E-state index < -0.39 is 5.91 Å². The van der Waals surface area contributed by atoms with Crippen molar-refractivity contribution in [3.63, 3.8) is 0 Å². The van der Waals surface area contributed by atoms with E-state index in [2.05, 4.69) is 5.32 Å². The molecule has 0 radical (unpaired) electrons. The lowest BCUT2D eigenvalue weighted by molar-refractivity contribution is 0.0932. The fourth-order valence-electron chi connectivity index (χ4n) is 2.39. The summed E-state index contributed by atoms with van der Waals surface area (Å²) in [6.45, 7) is 1.83. The number of phenols is 1. The standard InChI is InChI=1S/C18H17NO4/c1-11(17-9-12-5-3-4-6-16(12)23-17)19-18(21)14-10-13(22-2)7-8-15(14)20/h3-11,20H,1-2H3,(H,19,21). The number of carbonyl (C=O) groups excluding carboxylic acids is 1. The number of para-hydroxylation sites is 1. The summed E-state index contributed by atoms with van der Waals surface area (Å²) in [5.41, 5.74) is 0.931. The predicted octanol–water partition coefficient (Wildman–Crippen LogP) is 3.64. The molecule has 0 aliphatic rings. The molecule has 2 aromatic carbocycles. The van der Waals surface area contributed by atoms with Crippen LogP contribution in [0.25, 0.3) is 11.0 Å². The van der Waals surface area contributed by atoms with E-state index in [-0.39, 0.29) is 17.4 Å². The minimum Gasteiger partial charge on any atom is -0.507 e. The summed E-state index contributed by atoms with van der Waals surface area (Å²) in [6.07, 6.45) is 0. The van der Waals surface area contributed by atoms with Crippen LogP contribution in [0.5, 0.6) is 11.5 Å². The third kappa shape index (κ3) is 2.99. The van der Waals surface area contributed by atoms with E-state index in [0.29, 0.717) is 11.5 Å². The van der Waals surface area contributed by atoms with Crippen LogP contribution in [0, 0.1) is 0 Å². The molecule has 5 heteroatoms. The Kier molecular flexibility index (Phi) is 3.93. The molecule has 1 heterocycles. The lowest BCUT2D eigenvalue weighted by Crippen LogP contribution is -2.26. The number of phenolic OH excluding ortho intramolecular Hbond substituents is 1. The maximum absolute atomic E-state index is 12.4. The molecule has 0 bridgehead atoms. The van der Waals surface area contributed by atoms with Crippen LogP contribution in [0.2, 0.25) is 0 Å². The summed E-state index contributed by atoms with van der Waals surface area (Å²) >= 11 is 0. The molecular formula is C18H17NO4. The summed E-state index contributed by atoms with van der Waals surface area (Å²) in [5.74, 6) is 0.667. The summed E-state index contributed by atoms with van der Waals surface area (Å²) in [7, 11) is 1.51. The fraction of sp³-hybridized carbons (Fsp3) is 0.167. The molecule has 5 nitrogen and oxygen atoms in total. The number of hydrogen-bond donors (Lipinski definition) is 2. The number of hydrogen-bond acceptors (Lipinski definition) is 4. The van der Waals surface area contributed by atoms with E-state index in [1.54, 1.807) is 6.07 Å². The minimum absolute atomic E-state index is 0.0971. The van der Waals surface area contributed by atoms with Gasteiger partial charge in [0, 0.05) is 5.39 Å². The Morgan fingerprint density at radius 1 is 1.22 bits per heavy atom. The third-order valence-electron chi connectivity index (χ3n) is 3.67. The van der Waals surface area contributed by atoms with E-state index in [9.17, 15) is 9.90 Å². The Morgan fingerprint density at radius 2 is 2.00 bits per heavy atom. The highest BCUT2D eigenvalue weighted by molar-refractivity contribution is 5.97. The van der Waals surface area contributed by atoms with Crippen molar-refractivity contribution in [2.75, 3.05) is 7.11 Å². The molecule has 0 spiro atoms. The van der Waals surface area contributed by atoms with E-state index >= 15 is 0 Å². The zero-order chi connectivity index (χ0) is 16.4. The normalized spacial score (nSPS) is 12.1. The van der Waals surface area contributed by atoms with Crippen molar-refractivity contribution in [3.05, 3.63) is 59.9 Å². The molecule has 0 aliphatic heterocycles. The van der Waals surface area contributed by atoms with Gasteiger partial charge in [0.2, 0.25) is 0 Å². The van der Waals surface area contributed by atoms with Crippen LogP contribution in [0.1, 0.15) is 29.1 Å². The predicted molar refractivity (Wildman–Crippen MR) is 86.8 cm³/mol. The van der Waals surface area contributed by atoms with E-state index in [1.807, 2.05) is 37.3 Å². The summed E-state index contributed by atoms with van der Waals surface area (Å²) in [4.78, 5) is 12.4. The number of furan rings is 1. The second kappa shape index (κ2) is 6.04. The van der Waals surface area contributed by atoms with Gasteiger partial charge in [0.1, 0.15) is 22.8 Å². The Balaban J connectivity index is 1.81. The van der Waals surface area contributed by atoms with Gasteiger partial charge >= 0.3 is 0 Å². The second-order valence-electron chi connectivity index (χ2n) is 5.26. The van der Waals surface area contributed by atoms with Gasteiger partial charge in [0.25, 0.3) is 5.91 Å². The zero-order valence-electron chi connectivity index (χ0n) is 12.9. The number of amides is 1. The quantitative estimate of drug-likeness (QED) is 0.771. The highest BCUT2D eigenvalue weighted by Gasteiger charge is 2.18. The molecule has 23 heavy (non-hydrogen) atoms. The van der Waals surface area contributed by atoms with Crippen LogP contribution >= 0.6 is 0 Å². The zero-order valence-corrected chi connectivity index (χ0v) is 12.9. The molecule has 0 aliphatic carbocycles. The maximum Gasteiger partial charge on any atom is 0.255 e. The van der Waals surface area contributed by atoms with Gasteiger partial charge in [-0.15, -0.1) is 0 Å². The number of rotatable bonds is 4. The van der Waals surface area contributed by atoms with Crippen LogP contribution in [0.15, 0.2) is 52.9 Å². The van der Waals surface area contributed by atoms with Crippen LogP contribution in [-0.2, 0) is 0 Å². The van der Waals surface area contributed by atoms with Gasteiger partial charge in [-0.05, 0) is 37.3 Å². The minimum atomic E-state index is -0.394. The number of carbonyl (C=O) groups is 1. The first kappa shape index (κ1) is 15.0. The molecule has 1 aromatic heterocycles. The van der Waals surface area contributed by atoms with E-state index in [1.165, 1.54) is 19.2 Å². The van der Waals surface area contributed by atoms with Gasteiger partial charge < -0.3 is 19.6 Å². The van der Waals surface area contributed by atoms with Gasteiger partial charge in [0.15, 0.2) is 0 Å². The Labute approximate surface area is 133 Å². The molecule has 0 saturated heterocycles. The Hall–Kier alpha value is -2.95. The van der Waals surface area contributed by atoms with Gasteiger partial charge in [0.05, 0.1) is 18.7 Å². The molecule has 3 aromatic rings. The van der Waals surface area contributed by atoms with Crippen LogP contribution in [0.3, 0.4) is 0 Å². The largest absolute Gasteiger partial charge is 0.507 e. The molecule has 1 atom stereocenters. The Morgan fingerprint density at radius 3 is 2.74 bits per heavy atom. The van der Waals surface area contributed by atoms with E-state index in [4.69, 9.17) is 9.15 Å². The maximum atomic E-state index is 12.4. The van der Waals surface area contributed by atoms with Crippen molar-refractivity contribution in [3.8, 4) is 11.5 Å². The van der Waals surface area contributed by atoms with Crippen molar-refractivity contribution < 1.29 is 19.1 Å². The van der Waals surface area contributed by atoms with Crippen molar-refractivity contribution in [2.45, 2.75) is 13.0 Å². The first-order chi connectivity index (χ1) is 11.1. The SMILES string of the molecule is COc1ccc(O)c(C(=O)NC(C)c2cc3ccccc3o2)c1. The molecule has 0 saturated carbocycles. The van der Waals surface area contributed by atoms with Crippen molar-refractivity contribution >= 4 is 16.9 Å². The molecule has 0 fully saturated rings. The Bertz CT molecular complexity index is 820. The van der Waals surface area contributed by atoms with Crippen molar-refractivity contribution in [1.82, 2.24) is 5.32 Å². The van der Waals surface area contributed by atoms with Gasteiger partial charge in [-0.3, -0.25) is 4.79 Å². The molecule has 3 rings (SSSR count). The average Bonchev–Trinajstić information content (AvgIpc) is 2.99. The van der Waals surface area contributed by atoms with Crippen molar-refractivity contribution in [1.29, 1.82) is 0 Å². The number of fused-ring (bicyclic) bond motifs is 1. The lowest BCUT2D eigenvalue weighted by Gasteiger charge is -2.13. The smallest absolute Gasteiger partial charge is 0.255 e. The first-order valence-corrected chi connectivity index (χ1v) is 7.25. The number of methoxy groups -OCH3 is 1. The molecule has 1 unspecified atom stereocenters. The topological polar surface area (TPSA) is 71.7 Å². The summed E-state index contributed by atoms with van der Waals surface area (Å²) < 4.78 is 10.8. The number of ether oxygens (including phenoxy) is 1. The van der Waals surface area contributed by atoms with Crippen LogP contribution in [-0.4, -0.2) is 18.1 Å². The molecular weight excluding hydrogens is 294 g/mol. The summed E-state index contributed by atoms with van der Waals surface area (Å²) in [6, 6.07) is 13.7. The number of benzene rings is 2. The van der Waals surface area contributed by atoms with E-state index in [0.717, 1.165) is 11.0 Å². The fourth-order valence-corrected chi connectivity index (χ4v) is 2.39. The van der Waals surface area contributed by atoms with Crippen molar-refractivity contribution in [2.24, 2.45) is 0 Å². The van der Waals surface area contributed by atoms with Gasteiger partial charge in [-0.1, -0.05) is 18.2 Å². The van der Waals surface area contributed by atoms with Gasteiger partial charge in [-0.25, -0.2) is 0 Å². The third-order valence-corrected chi connectivity index (χ3v) is 3.67. The lowest BCUT2D eigenvalue weighted by atomic mass is 10.1. The highest BCUT2D eigenvalue weighted by Crippen LogP contribution is 2.26. The summed E-state index contributed by atoms with van der Waals surface area (Å²) in [5, 5.41) is 13.7. The molecule has 2 N–H and O–H groups in total. The first-order valence-electron chi connectivity index (χ1n) is 7.25. The number of aromatic hydroxyl groups is 1. The van der Waals surface area contributed by atoms with Crippen LogP contribution in [0.4, 0.5) is 0 Å². The number of nitrogens with one attached hydrogen (secondary N) is 1. The highest BCUT2D eigenvalue weighted by atomic mass is 16.5. The van der Waals surface area contributed by atoms with Crippen LogP contribution < -0.4 is 10.1 Å². The molecule has 118 valence electrons. The molecule has 1 amide bonds. The second-order valence-corrected chi connectivity index (χ2v) is 5.26.